The van der Waals surface area contributed by atoms with Crippen molar-refractivity contribution in [1.82, 2.24) is 25.9 Å². The van der Waals surface area contributed by atoms with Gasteiger partial charge in [-0.2, -0.15) is 0 Å². The number of carboxylic acid groups (broad SMARTS) is 2. The van der Waals surface area contributed by atoms with Crippen molar-refractivity contribution in [2.45, 2.75) is 43.3 Å². The van der Waals surface area contributed by atoms with Crippen molar-refractivity contribution in [2.75, 3.05) is 12.9 Å². The number of rotatable bonds is 14. The predicted molar refractivity (Wildman–Crippen MR) is 179 cm³/mol. The third-order valence-electron chi connectivity index (χ3n) is 7.40. The van der Waals surface area contributed by atoms with E-state index in [0.29, 0.717) is 0 Å². The van der Waals surface area contributed by atoms with E-state index in [2.05, 4.69) is 37.8 Å². The van der Waals surface area contributed by atoms with Crippen molar-refractivity contribution >= 4 is 51.3 Å². The first-order valence-electron chi connectivity index (χ1n) is 15.0. The zero-order valence-corrected chi connectivity index (χ0v) is 28.0. The zero-order chi connectivity index (χ0) is 36.4. The maximum atomic E-state index is 13.5. The SMILES string of the molecule is CS(=O)(=O)/C(Cl)=C/[C@H](CC(=O)O)NC(=O)C(C#Cc1c[nH]cn1)NC(=O)[C@H](CCC(=O)O)NC(=O)OCC1c2ccccc2-c2ccccc21. The maximum absolute atomic E-state index is 13.5. The fourth-order valence-corrected chi connectivity index (χ4v) is 5.65. The van der Waals surface area contributed by atoms with Crippen LogP contribution >= 0.6 is 11.6 Å². The predicted octanol–water partition coefficient (Wildman–Crippen LogP) is 2.10. The van der Waals surface area contributed by atoms with Crippen LogP contribution in [0.15, 0.2) is 71.5 Å². The van der Waals surface area contributed by atoms with Crippen LogP contribution in [-0.2, 0) is 33.8 Å². The summed E-state index contributed by atoms with van der Waals surface area (Å²) in [5.41, 5.74) is 4.05. The number of carbonyl (C=O) groups is 5. The van der Waals surface area contributed by atoms with Gasteiger partial charge in [-0.15, -0.1) is 0 Å². The molecule has 0 aliphatic heterocycles. The number of alkyl carbamates (subject to hydrolysis) is 1. The monoisotopic (exact) mass is 725 g/mol. The number of carboxylic acids is 2. The van der Waals surface area contributed by atoms with Crippen molar-refractivity contribution in [2.24, 2.45) is 0 Å². The van der Waals surface area contributed by atoms with Gasteiger partial charge < -0.3 is 35.9 Å². The number of hydrogen-bond acceptors (Lipinski definition) is 9. The quantitative estimate of drug-likeness (QED) is 0.132. The molecule has 3 aromatic rings. The maximum Gasteiger partial charge on any atom is 0.407 e. The van der Waals surface area contributed by atoms with Crippen molar-refractivity contribution in [3.63, 3.8) is 0 Å². The van der Waals surface area contributed by atoms with Gasteiger partial charge in [0.15, 0.2) is 15.9 Å². The van der Waals surface area contributed by atoms with E-state index in [4.69, 9.17) is 16.3 Å². The van der Waals surface area contributed by atoms with Gasteiger partial charge in [0.2, 0.25) is 5.91 Å². The molecular weight excluding hydrogens is 694 g/mol. The van der Waals surface area contributed by atoms with Gasteiger partial charge in [-0.05, 0) is 40.7 Å². The second-order valence-electron chi connectivity index (χ2n) is 11.1. The number of aliphatic carboxylic acids is 2. The molecule has 2 aromatic carbocycles. The molecule has 1 aliphatic carbocycles. The van der Waals surface area contributed by atoms with Gasteiger partial charge in [0.25, 0.3) is 5.91 Å². The van der Waals surface area contributed by atoms with E-state index >= 15 is 0 Å². The Hall–Kier alpha value is -5.66. The molecule has 50 heavy (non-hydrogen) atoms. The molecule has 0 fully saturated rings. The van der Waals surface area contributed by atoms with Gasteiger partial charge in [0.05, 0.1) is 18.8 Å². The summed E-state index contributed by atoms with van der Waals surface area (Å²) in [6.45, 7) is -0.0954. The fraction of sp³-hybridized carbons (Fsp3) is 0.273. The van der Waals surface area contributed by atoms with Crippen molar-refractivity contribution < 1.29 is 47.3 Å². The number of sulfone groups is 1. The smallest absolute Gasteiger partial charge is 0.407 e. The molecule has 0 radical (unpaired) electrons. The van der Waals surface area contributed by atoms with Gasteiger partial charge >= 0.3 is 18.0 Å². The van der Waals surface area contributed by atoms with Crippen LogP contribution in [0.1, 0.15) is 42.0 Å². The molecule has 17 heteroatoms. The highest BCUT2D eigenvalue weighted by Crippen LogP contribution is 2.44. The Morgan fingerprint density at radius 2 is 1.62 bits per heavy atom. The number of benzene rings is 2. The number of aromatic nitrogens is 2. The molecule has 0 saturated heterocycles. The van der Waals surface area contributed by atoms with Crippen LogP contribution in [0.5, 0.6) is 0 Å². The Bertz CT molecular complexity index is 1930. The summed E-state index contributed by atoms with van der Waals surface area (Å²) < 4.78 is 28.4. The van der Waals surface area contributed by atoms with Gasteiger partial charge in [-0.3, -0.25) is 19.2 Å². The Morgan fingerprint density at radius 1 is 0.980 bits per heavy atom. The molecule has 3 atom stereocenters. The van der Waals surface area contributed by atoms with E-state index in [-0.39, 0.29) is 18.2 Å². The highest BCUT2D eigenvalue weighted by atomic mass is 35.5. The molecule has 1 aliphatic rings. The molecule has 15 nitrogen and oxygen atoms in total. The van der Waals surface area contributed by atoms with Crippen LogP contribution in [0.2, 0.25) is 0 Å². The van der Waals surface area contributed by atoms with E-state index in [0.717, 1.165) is 34.6 Å². The lowest BCUT2D eigenvalue weighted by molar-refractivity contribution is -0.139. The summed E-state index contributed by atoms with van der Waals surface area (Å²) in [7, 11) is -3.95. The van der Waals surface area contributed by atoms with Crippen LogP contribution in [-0.4, -0.2) is 89.4 Å². The first-order valence-corrected chi connectivity index (χ1v) is 17.2. The van der Waals surface area contributed by atoms with Crippen molar-refractivity contribution in [1.29, 1.82) is 0 Å². The standard InChI is InChI=1S/C33H32ClN5O10S/c1-50(47,48)28(34)14-20(15-30(42)43)37-31(44)26(11-10-19-16-35-18-36-19)38-32(45)27(12-13-29(40)41)39-33(46)49-17-25-23-8-4-2-6-21(23)22-7-3-5-9-24(22)25/h2-9,14,16,18,20,25-27H,12-13,15,17H2,1H3,(H,35,36)(H,37,44)(H,38,45)(H,39,46)(H,40,41)(H,42,43)/b28-14+/t20-,26?,27+/m1/s1. The Morgan fingerprint density at radius 3 is 2.18 bits per heavy atom. The average molecular weight is 726 g/mol. The van der Waals surface area contributed by atoms with Crippen molar-refractivity contribution in [3.05, 3.63) is 88.3 Å². The van der Waals surface area contributed by atoms with E-state index < -0.39 is 81.4 Å². The van der Waals surface area contributed by atoms with Gasteiger partial charge in [-0.1, -0.05) is 66.1 Å². The lowest BCUT2D eigenvalue weighted by atomic mass is 9.98. The Kier molecular flexibility index (Phi) is 12.4. The minimum Gasteiger partial charge on any atom is -0.481 e. The number of hydrogen-bond donors (Lipinski definition) is 6. The highest BCUT2D eigenvalue weighted by Gasteiger charge is 2.31. The summed E-state index contributed by atoms with van der Waals surface area (Å²) >= 11 is 5.80. The number of fused-ring (bicyclic) bond motifs is 3. The topological polar surface area (TPSA) is 234 Å². The number of carbonyl (C=O) groups excluding carboxylic acids is 3. The normalized spacial score (nSPS) is 14.1. The highest BCUT2D eigenvalue weighted by molar-refractivity contribution is 7.96. The summed E-state index contributed by atoms with van der Waals surface area (Å²) in [5, 5.41) is 25.6. The minimum absolute atomic E-state index is 0.0954. The Balaban J connectivity index is 1.52. The summed E-state index contributed by atoms with van der Waals surface area (Å²) in [5.74, 6) is -0.00788. The number of nitrogens with one attached hydrogen (secondary N) is 4. The number of aromatic amines is 1. The molecule has 4 rings (SSSR count). The second-order valence-corrected chi connectivity index (χ2v) is 13.7. The molecule has 0 bridgehead atoms. The van der Waals surface area contributed by atoms with Crippen LogP contribution < -0.4 is 16.0 Å². The molecule has 1 unspecified atom stereocenters. The lowest BCUT2D eigenvalue weighted by Crippen LogP contribution is -2.54. The molecule has 1 heterocycles. The molecule has 262 valence electrons. The first kappa shape index (κ1) is 37.2. The number of halogens is 1. The van der Waals surface area contributed by atoms with Crippen molar-refractivity contribution in [3.8, 4) is 23.0 Å². The molecule has 3 amide bonds. The van der Waals surface area contributed by atoms with E-state index in [1.165, 1.54) is 12.5 Å². The summed E-state index contributed by atoms with van der Waals surface area (Å²) in [6.07, 6.45) is 1.53. The fourth-order valence-electron chi connectivity index (χ4n) is 5.09. The average Bonchev–Trinajstić information content (AvgIpc) is 3.69. The molecule has 0 saturated carbocycles. The Labute approximate surface area is 291 Å². The molecule has 1 aromatic heterocycles. The van der Waals surface area contributed by atoms with Gasteiger partial charge in [-0.25, -0.2) is 18.2 Å². The van der Waals surface area contributed by atoms with Crippen LogP contribution in [0.25, 0.3) is 11.1 Å². The van der Waals surface area contributed by atoms with E-state index in [9.17, 15) is 42.6 Å². The third-order valence-corrected chi connectivity index (χ3v) is 9.21. The zero-order valence-electron chi connectivity index (χ0n) is 26.4. The molecule has 6 N–H and O–H groups in total. The first-order chi connectivity index (χ1) is 23.7. The number of ether oxygens (including phenoxy) is 1. The lowest BCUT2D eigenvalue weighted by Gasteiger charge is -2.22. The molecule has 0 spiro atoms. The minimum atomic E-state index is -3.95. The van der Waals surface area contributed by atoms with Gasteiger partial charge in [0, 0.05) is 24.8 Å². The van der Waals surface area contributed by atoms with Crippen LogP contribution in [0.3, 0.4) is 0 Å². The molecular formula is C33H32ClN5O10S. The van der Waals surface area contributed by atoms with E-state index in [1.54, 1.807) is 0 Å². The number of nitrogens with zero attached hydrogens (tertiary/aromatic N) is 1. The number of H-pyrrole nitrogens is 1. The number of amides is 3. The second kappa shape index (κ2) is 16.6. The van der Waals surface area contributed by atoms with Gasteiger partial charge in [0.1, 0.15) is 22.7 Å². The van der Waals surface area contributed by atoms with Crippen LogP contribution in [0, 0.1) is 11.8 Å². The number of imidazole rings is 1. The largest absolute Gasteiger partial charge is 0.481 e. The van der Waals surface area contributed by atoms with Crippen LogP contribution in [0.4, 0.5) is 4.79 Å². The third kappa shape index (κ3) is 10.2. The van der Waals surface area contributed by atoms with E-state index in [1.807, 2.05) is 48.5 Å². The summed E-state index contributed by atoms with van der Waals surface area (Å²) in [6, 6.07) is 10.6. The summed E-state index contributed by atoms with van der Waals surface area (Å²) in [4.78, 5) is 69.3.